The van der Waals surface area contributed by atoms with Gasteiger partial charge in [-0.15, -0.1) is 0 Å². The van der Waals surface area contributed by atoms with Crippen LogP contribution in [0.1, 0.15) is 5.56 Å². The molecular formula is C12H15N3O. The number of aryl methyl sites for hydroxylation is 2. The maximum absolute atomic E-state index is 8.69. The van der Waals surface area contributed by atoms with Gasteiger partial charge in [-0.25, -0.2) is 0 Å². The van der Waals surface area contributed by atoms with Crippen LogP contribution < -0.4 is 10.9 Å². The van der Waals surface area contributed by atoms with E-state index in [-0.39, 0.29) is 6.73 Å². The van der Waals surface area contributed by atoms with Crippen molar-refractivity contribution in [2.24, 2.45) is 12.1 Å². The summed E-state index contributed by atoms with van der Waals surface area (Å²) in [6.07, 6.45) is 0. The Morgan fingerprint density at radius 1 is 1.38 bits per heavy atom. The molecule has 0 atom stereocenters. The van der Waals surface area contributed by atoms with Gasteiger partial charge in [-0.1, -0.05) is 18.2 Å². The number of aliphatic hydroxyl groups excluding tert-OH is 1. The van der Waals surface area contributed by atoms with Crippen LogP contribution in [0.25, 0.3) is 10.9 Å². The molecule has 0 amide bonds. The van der Waals surface area contributed by atoms with Crippen molar-refractivity contribution in [1.82, 2.24) is 9.99 Å². The van der Waals surface area contributed by atoms with E-state index in [1.54, 1.807) is 0 Å². The standard InChI is InChI=1S/C12H15N3O/c1-9-7-12(14-13-8-16)15(2)11-6-4-3-5-10(9)11/h3-7,13,16H,8H2,1-2H3/b14-12-. The van der Waals surface area contributed by atoms with Gasteiger partial charge in [0.25, 0.3) is 0 Å². The zero-order valence-electron chi connectivity index (χ0n) is 9.44. The quantitative estimate of drug-likeness (QED) is 0.578. The SMILES string of the molecule is Cc1c/c(=N/NCO)n(C)c2ccccc12. The summed E-state index contributed by atoms with van der Waals surface area (Å²) >= 11 is 0. The number of aliphatic hydroxyl groups is 1. The first-order valence-corrected chi connectivity index (χ1v) is 5.17. The first-order chi connectivity index (χ1) is 7.74. The second-order valence-electron chi connectivity index (χ2n) is 3.69. The lowest BCUT2D eigenvalue weighted by molar-refractivity contribution is 0.261. The zero-order chi connectivity index (χ0) is 11.5. The molecule has 2 aromatic rings. The van der Waals surface area contributed by atoms with Crippen molar-refractivity contribution >= 4 is 10.9 Å². The van der Waals surface area contributed by atoms with E-state index < -0.39 is 0 Å². The molecule has 0 bridgehead atoms. The first kappa shape index (κ1) is 10.7. The van der Waals surface area contributed by atoms with E-state index in [1.807, 2.05) is 29.8 Å². The molecule has 0 unspecified atom stereocenters. The number of benzene rings is 1. The monoisotopic (exact) mass is 217 g/mol. The van der Waals surface area contributed by atoms with Crippen LogP contribution in [0.2, 0.25) is 0 Å². The predicted molar refractivity (Wildman–Crippen MR) is 63.4 cm³/mol. The molecule has 0 aliphatic carbocycles. The molecule has 0 saturated carbocycles. The second-order valence-corrected chi connectivity index (χ2v) is 3.69. The number of hydrogen-bond acceptors (Lipinski definition) is 3. The summed E-state index contributed by atoms with van der Waals surface area (Å²) in [5, 5.41) is 14.0. The number of pyridine rings is 1. The van der Waals surface area contributed by atoms with Crippen molar-refractivity contribution in [2.45, 2.75) is 6.92 Å². The van der Waals surface area contributed by atoms with Gasteiger partial charge >= 0.3 is 0 Å². The fourth-order valence-corrected chi connectivity index (χ4v) is 1.81. The van der Waals surface area contributed by atoms with Crippen molar-refractivity contribution < 1.29 is 5.11 Å². The molecule has 84 valence electrons. The van der Waals surface area contributed by atoms with E-state index in [9.17, 15) is 0 Å². The highest BCUT2D eigenvalue weighted by Crippen LogP contribution is 2.14. The lowest BCUT2D eigenvalue weighted by Crippen LogP contribution is -2.23. The van der Waals surface area contributed by atoms with Crippen molar-refractivity contribution in [3.05, 3.63) is 41.4 Å². The molecule has 0 aliphatic rings. The third kappa shape index (κ3) is 1.79. The lowest BCUT2D eigenvalue weighted by Gasteiger charge is -2.08. The molecule has 2 rings (SSSR count). The van der Waals surface area contributed by atoms with Gasteiger partial charge in [-0.2, -0.15) is 5.10 Å². The number of fused-ring (bicyclic) bond motifs is 1. The van der Waals surface area contributed by atoms with Crippen LogP contribution in [0.3, 0.4) is 0 Å². The molecular weight excluding hydrogens is 202 g/mol. The maximum atomic E-state index is 8.69. The Morgan fingerprint density at radius 2 is 2.12 bits per heavy atom. The topological polar surface area (TPSA) is 49.6 Å². The van der Waals surface area contributed by atoms with Crippen LogP contribution >= 0.6 is 0 Å². The van der Waals surface area contributed by atoms with Gasteiger partial charge in [0, 0.05) is 18.0 Å². The van der Waals surface area contributed by atoms with Crippen molar-refractivity contribution in [1.29, 1.82) is 0 Å². The Labute approximate surface area is 93.8 Å². The van der Waals surface area contributed by atoms with E-state index in [2.05, 4.69) is 29.6 Å². The number of para-hydroxylation sites is 1. The predicted octanol–water partition coefficient (Wildman–Crippen LogP) is 0.842. The molecule has 1 aromatic carbocycles. The van der Waals surface area contributed by atoms with Crippen molar-refractivity contribution in [2.75, 3.05) is 6.73 Å². The molecule has 0 radical (unpaired) electrons. The van der Waals surface area contributed by atoms with Gasteiger partial charge in [0.2, 0.25) is 0 Å². The van der Waals surface area contributed by atoms with Crippen molar-refractivity contribution in [3.8, 4) is 0 Å². The average molecular weight is 217 g/mol. The van der Waals surface area contributed by atoms with Crippen LogP contribution in [0.15, 0.2) is 35.4 Å². The minimum Gasteiger partial charge on any atom is -0.375 e. The van der Waals surface area contributed by atoms with Gasteiger partial charge in [0.1, 0.15) is 6.73 Å². The van der Waals surface area contributed by atoms with Crippen molar-refractivity contribution in [3.63, 3.8) is 0 Å². The second kappa shape index (κ2) is 4.37. The summed E-state index contributed by atoms with van der Waals surface area (Å²) in [4.78, 5) is 0. The molecule has 0 spiro atoms. The molecule has 1 heterocycles. The highest BCUT2D eigenvalue weighted by molar-refractivity contribution is 5.82. The highest BCUT2D eigenvalue weighted by atomic mass is 16.3. The van der Waals surface area contributed by atoms with E-state index in [0.29, 0.717) is 0 Å². The molecule has 0 saturated heterocycles. The normalized spacial score (nSPS) is 12.1. The summed E-state index contributed by atoms with van der Waals surface area (Å²) in [5.74, 6) is 0. The van der Waals surface area contributed by atoms with Gasteiger partial charge in [-0.3, -0.25) is 5.43 Å². The number of nitrogens with one attached hydrogen (secondary N) is 1. The summed E-state index contributed by atoms with van der Waals surface area (Å²) in [6, 6.07) is 10.2. The smallest absolute Gasteiger partial charge is 0.152 e. The zero-order valence-corrected chi connectivity index (χ0v) is 9.44. The Kier molecular flexibility index (Phi) is 2.92. The molecule has 4 heteroatoms. The Hall–Kier alpha value is -1.81. The van der Waals surface area contributed by atoms with Crippen LogP contribution in [0.5, 0.6) is 0 Å². The number of nitrogens with zero attached hydrogens (tertiary/aromatic N) is 2. The highest BCUT2D eigenvalue weighted by Gasteiger charge is 2.00. The van der Waals surface area contributed by atoms with E-state index in [1.165, 1.54) is 10.9 Å². The van der Waals surface area contributed by atoms with Crippen LogP contribution in [0, 0.1) is 6.92 Å². The lowest BCUT2D eigenvalue weighted by atomic mass is 10.1. The summed E-state index contributed by atoms with van der Waals surface area (Å²) in [7, 11) is 1.96. The molecule has 16 heavy (non-hydrogen) atoms. The molecule has 1 aromatic heterocycles. The summed E-state index contributed by atoms with van der Waals surface area (Å²) < 4.78 is 1.99. The fourth-order valence-electron chi connectivity index (χ4n) is 1.81. The minimum absolute atomic E-state index is 0.161. The number of hydrogen-bond donors (Lipinski definition) is 2. The Morgan fingerprint density at radius 3 is 2.88 bits per heavy atom. The van der Waals surface area contributed by atoms with Gasteiger partial charge in [0.15, 0.2) is 5.49 Å². The first-order valence-electron chi connectivity index (χ1n) is 5.17. The number of aromatic nitrogens is 1. The van der Waals surface area contributed by atoms with Gasteiger partial charge in [0.05, 0.1) is 0 Å². The van der Waals surface area contributed by atoms with Crippen LogP contribution in [-0.4, -0.2) is 16.4 Å². The maximum Gasteiger partial charge on any atom is 0.152 e. The molecule has 4 nitrogen and oxygen atoms in total. The fraction of sp³-hybridized carbons (Fsp3) is 0.250. The summed E-state index contributed by atoms with van der Waals surface area (Å²) in [6.45, 7) is 1.90. The third-order valence-corrected chi connectivity index (χ3v) is 2.64. The third-order valence-electron chi connectivity index (χ3n) is 2.64. The Balaban J connectivity index is 2.75. The Bertz CT molecular complexity index is 572. The van der Waals surface area contributed by atoms with E-state index in [4.69, 9.17) is 5.11 Å². The van der Waals surface area contributed by atoms with Crippen LogP contribution in [0.4, 0.5) is 0 Å². The van der Waals surface area contributed by atoms with E-state index in [0.717, 1.165) is 11.0 Å². The number of rotatable bonds is 2. The minimum atomic E-state index is -0.161. The molecule has 2 N–H and O–H groups in total. The van der Waals surface area contributed by atoms with Crippen LogP contribution in [-0.2, 0) is 7.05 Å². The average Bonchev–Trinajstić information content (AvgIpc) is 2.32. The van der Waals surface area contributed by atoms with E-state index >= 15 is 0 Å². The largest absolute Gasteiger partial charge is 0.375 e. The molecule has 0 aliphatic heterocycles. The summed E-state index contributed by atoms with van der Waals surface area (Å²) in [5.41, 5.74) is 5.65. The van der Waals surface area contributed by atoms with Gasteiger partial charge in [-0.05, 0) is 24.6 Å². The molecule has 0 fully saturated rings. The van der Waals surface area contributed by atoms with Gasteiger partial charge < -0.3 is 9.67 Å².